The van der Waals surface area contributed by atoms with E-state index < -0.39 is 0 Å². The molecule has 1 aliphatic rings. The first-order valence-electron chi connectivity index (χ1n) is 8.72. The molecule has 2 aromatic carbocycles. The molecule has 25 heavy (non-hydrogen) atoms. The van der Waals surface area contributed by atoms with Crippen molar-refractivity contribution in [2.75, 3.05) is 27.8 Å². The zero-order chi connectivity index (χ0) is 17.8. The number of carbonyl (C=O) groups excluding carboxylic acids is 1. The molecule has 0 aliphatic carbocycles. The summed E-state index contributed by atoms with van der Waals surface area (Å²) in [6, 6.07) is 13.9. The van der Waals surface area contributed by atoms with E-state index in [0.717, 1.165) is 54.0 Å². The Kier molecular flexibility index (Phi) is 5.27. The Balaban J connectivity index is 2.15. The number of methoxy groups -OCH3 is 2. The number of ether oxygens (including phenoxy) is 2. The molecule has 0 saturated carbocycles. The van der Waals surface area contributed by atoms with E-state index in [9.17, 15) is 4.79 Å². The first kappa shape index (κ1) is 17.3. The Morgan fingerprint density at radius 2 is 1.84 bits per heavy atom. The Labute approximate surface area is 149 Å². The molecule has 1 unspecified atom stereocenters. The number of amides is 1. The summed E-state index contributed by atoms with van der Waals surface area (Å²) in [6.07, 6.45) is 2.97. The number of likely N-dealkylation sites (tertiary alicyclic amines) is 1. The quantitative estimate of drug-likeness (QED) is 0.842. The van der Waals surface area contributed by atoms with Gasteiger partial charge in [0, 0.05) is 19.2 Å². The molecule has 2 aromatic rings. The molecule has 1 atom stereocenters. The fraction of sp³-hybridized carbons (Fsp3) is 0.381. The van der Waals surface area contributed by atoms with E-state index >= 15 is 0 Å². The van der Waals surface area contributed by atoms with Crippen molar-refractivity contribution in [1.29, 1.82) is 0 Å². The minimum atomic E-state index is -0.135. The molecule has 132 valence electrons. The van der Waals surface area contributed by atoms with Gasteiger partial charge in [-0.05, 0) is 42.2 Å². The van der Waals surface area contributed by atoms with Gasteiger partial charge in [-0.25, -0.2) is 0 Å². The maximum Gasteiger partial charge on any atom is 0.229 e. The lowest BCUT2D eigenvalue weighted by Gasteiger charge is -2.23. The molecular formula is C21H25NO3. The van der Waals surface area contributed by atoms with Crippen molar-refractivity contribution in [2.45, 2.75) is 25.2 Å². The van der Waals surface area contributed by atoms with Crippen LogP contribution in [0.3, 0.4) is 0 Å². The van der Waals surface area contributed by atoms with E-state index in [4.69, 9.17) is 9.47 Å². The van der Waals surface area contributed by atoms with Gasteiger partial charge in [0.1, 0.15) is 11.5 Å². The smallest absolute Gasteiger partial charge is 0.229 e. The second-order valence-electron chi connectivity index (χ2n) is 6.46. The zero-order valence-electron chi connectivity index (χ0n) is 15.1. The molecule has 1 saturated heterocycles. The van der Waals surface area contributed by atoms with Gasteiger partial charge in [-0.2, -0.15) is 0 Å². The van der Waals surface area contributed by atoms with Crippen molar-refractivity contribution < 1.29 is 14.3 Å². The first-order valence-corrected chi connectivity index (χ1v) is 8.72. The average molecular weight is 339 g/mol. The van der Waals surface area contributed by atoms with Crippen LogP contribution >= 0.6 is 0 Å². The number of likely N-dealkylation sites (N-methyl/N-ethyl adjacent to an activating group) is 1. The van der Waals surface area contributed by atoms with E-state index in [2.05, 4.69) is 6.07 Å². The van der Waals surface area contributed by atoms with Crippen LogP contribution in [0.5, 0.6) is 11.5 Å². The fourth-order valence-electron chi connectivity index (χ4n) is 3.58. The zero-order valence-corrected chi connectivity index (χ0v) is 15.1. The van der Waals surface area contributed by atoms with Crippen LogP contribution in [0.1, 0.15) is 30.7 Å². The summed E-state index contributed by atoms with van der Waals surface area (Å²) >= 11 is 0. The molecule has 0 spiro atoms. The molecule has 0 radical (unpaired) electrons. The van der Waals surface area contributed by atoms with Crippen molar-refractivity contribution in [3.8, 4) is 22.6 Å². The summed E-state index contributed by atoms with van der Waals surface area (Å²) in [4.78, 5) is 14.8. The van der Waals surface area contributed by atoms with Crippen molar-refractivity contribution in [1.82, 2.24) is 4.90 Å². The highest BCUT2D eigenvalue weighted by Crippen LogP contribution is 2.41. The fourth-order valence-corrected chi connectivity index (χ4v) is 3.58. The normalized spacial score (nSPS) is 18.0. The van der Waals surface area contributed by atoms with Crippen LogP contribution in [0.15, 0.2) is 42.5 Å². The van der Waals surface area contributed by atoms with Gasteiger partial charge in [0.15, 0.2) is 0 Å². The maximum absolute atomic E-state index is 12.9. The number of carbonyl (C=O) groups is 1. The van der Waals surface area contributed by atoms with Crippen LogP contribution in [0, 0.1) is 0 Å². The van der Waals surface area contributed by atoms with Gasteiger partial charge in [0.2, 0.25) is 5.91 Å². The van der Waals surface area contributed by atoms with Crippen LogP contribution in [0.25, 0.3) is 11.1 Å². The van der Waals surface area contributed by atoms with E-state index in [1.165, 1.54) is 0 Å². The molecule has 1 aliphatic heterocycles. The average Bonchev–Trinajstić information content (AvgIpc) is 2.82. The van der Waals surface area contributed by atoms with Gasteiger partial charge in [0.25, 0.3) is 0 Å². The highest BCUT2D eigenvalue weighted by molar-refractivity contribution is 5.88. The van der Waals surface area contributed by atoms with Gasteiger partial charge in [-0.15, -0.1) is 0 Å². The van der Waals surface area contributed by atoms with Gasteiger partial charge < -0.3 is 14.4 Å². The van der Waals surface area contributed by atoms with Crippen LogP contribution in [0.2, 0.25) is 0 Å². The molecule has 1 amide bonds. The lowest BCUT2D eigenvalue weighted by atomic mass is 9.86. The predicted octanol–water partition coefficient (Wildman–Crippen LogP) is 4.10. The highest BCUT2D eigenvalue weighted by atomic mass is 16.5. The highest BCUT2D eigenvalue weighted by Gasteiger charge is 2.29. The van der Waals surface area contributed by atoms with Gasteiger partial charge in [-0.1, -0.05) is 30.7 Å². The van der Waals surface area contributed by atoms with E-state index in [0.29, 0.717) is 0 Å². The maximum atomic E-state index is 12.9. The van der Waals surface area contributed by atoms with Crippen LogP contribution in [0.4, 0.5) is 0 Å². The van der Waals surface area contributed by atoms with Gasteiger partial charge in [-0.3, -0.25) is 4.79 Å². The van der Waals surface area contributed by atoms with Crippen LogP contribution in [-0.4, -0.2) is 38.6 Å². The van der Waals surface area contributed by atoms with Crippen LogP contribution < -0.4 is 9.47 Å². The van der Waals surface area contributed by atoms with Gasteiger partial charge >= 0.3 is 0 Å². The van der Waals surface area contributed by atoms with E-state index in [-0.39, 0.29) is 11.8 Å². The second kappa shape index (κ2) is 7.60. The molecule has 0 N–H and O–H groups in total. The topological polar surface area (TPSA) is 38.8 Å². The Hall–Kier alpha value is -2.49. The number of nitrogens with zero attached hydrogens (tertiary/aromatic N) is 1. The third kappa shape index (κ3) is 3.48. The Morgan fingerprint density at radius 1 is 1.04 bits per heavy atom. The van der Waals surface area contributed by atoms with Crippen molar-refractivity contribution in [2.24, 2.45) is 0 Å². The summed E-state index contributed by atoms with van der Waals surface area (Å²) in [7, 11) is 5.22. The van der Waals surface area contributed by atoms with Crippen molar-refractivity contribution >= 4 is 5.91 Å². The molecule has 4 nitrogen and oxygen atoms in total. The van der Waals surface area contributed by atoms with Crippen LogP contribution in [-0.2, 0) is 4.79 Å². The SMILES string of the molecule is COc1cccc(-c2c(OC)cccc2C2CCCCN(C)C2=O)c1. The standard InChI is InChI=1S/C21H25NO3/c1-22-13-5-4-10-18(21(22)23)17-11-7-12-19(25-3)20(17)15-8-6-9-16(14-15)24-2/h6-9,11-12,14,18H,4-5,10,13H2,1-3H3. The second-order valence-corrected chi connectivity index (χ2v) is 6.46. The lowest BCUT2D eigenvalue weighted by Crippen LogP contribution is -2.30. The number of hydrogen-bond donors (Lipinski definition) is 0. The lowest BCUT2D eigenvalue weighted by molar-refractivity contribution is -0.130. The summed E-state index contributed by atoms with van der Waals surface area (Å²) in [5.41, 5.74) is 3.02. The van der Waals surface area contributed by atoms with E-state index in [1.54, 1.807) is 14.2 Å². The summed E-state index contributed by atoms with van der Waals surface area (Å²) in [5, 5.41) is 0. The molecule has 0 aromatic heterocycles. The Morgan fingerprint density at radius 3 is 2.60 bits per heavy atom. The largest absolute Gasteiger partial charge is 0.497 e. The molecule has 3 rings (SSSR count). The first-order chi connectivity index (χ1) is 12.2. The molecule has 0 bridgehead atoms. The predicted molar refractivity (Wildman–Crippen MR) is 99.2 cm³/mol. The minimum Gasteiger partial charge on any atom is -0.497 e. The molecular weight excluding hydrogens is 314 g/mol. The summed E-state index contributed by atoms with van der Waals surface area (Å²) in [6.45, 7) is 0.827. The molecule has 1 heterocycles. The van der Waals surface area contributed by atoms with Crippen molar-refractivity contribution in [3.63, 3.8) is 0 Å². The monoisotopic (exact) mass is 339 g/mol. The minimum absolute atomic E-state index is 0.135. The van der Waals surface area contributed by atoms with Gasteiger partial charge in [0.05, 0.1) is 20.1 Å². The number of hydrogen-bond acceptors (Lipinski definition) is 3. The summed E-state index contributed by atoms with van der Waals surface area (Å²) in [5.74, 6) is 1.63. The third-order valence-electron chi connectivity index (χ3n) is 4.92. The molecule has 1 fully saturated rings. The Bertz CT molecular complexity index is 757. The molecule has 4 heteroatoms. The number of benzene rings is 2. The third-order valence-corrected chi connectivity index (χ3v) is 4.92. The number of rotatable bonds is 4. The van der Waals surface area contributed by atoms with E-state index in [1.807, 2.05) is 48.3 Å². The van der Waals surface area contributed by atoms with Crippen molar-refractivity contribution in [3.05, 3.63) is 48.0 Å². The summed E-state index contributed by atoms with van der Waals surface area (Å²) < 4.78 is 11.0.